The molecular formula is C93H94F2O31. The summed E-state index contributed by atoms with van der Waals surface area (Å²) in [5.41, 5.74) is -7.47. The minimum Gasteiger partial charge on any atom is -0.490 e. The summed E-state index contributed by atoms with van der Waals surface area (Å²) in [4.78, 5) is 151. The van der Waals surface area contributed by atoms with E-state index in [9.17, 15) is 71.4 Å². The zero-order valence-electron chi connectivity index (χ0n) is 72.3. The van der Waals surface area contributed by atoms with Gasteiger partial charge in [0, 0.05) is 36.4 Å². The van der Waals surface area contributed by atoms with Crippen LogP contribution in [-0.4, -0.2) is 133 Å². The highest BCUT2D eigenvalue weighted by Gasteiger charge is 2.31. The monoisotopic (exact) mass is 1740 g/mol. The van der Waals surface area contributed by atoms with Crippen molar-refractivity contribution in [3.63, 3.8) is 0 Å². The molecule has 0 amide bonds. The number of carbonyl (C=O) groups is 6. The summed E-state index contributed by atoms with van der Waals surface area (Å²) in [5, 5.41) is 10.8. The van der Waals surface area contributed by atoms with Gasteiger partial charge in [0.2, 0.25) is 34.6 Å². The molecule has 0 aliphatic heterocycles. The topological polar surface area (TPSA) is 415 Å². The molecule has 1 N–H and O–H groups in total. The molecule has 126 heavy (non-hydrogen) atoms. The second kappa shape index (κ2) is 38.4. The van der Waals surface area contributed by atoms with E-state index in [1.54, 1.807) is 137 Å². The number of halogens is 2. The standard InChI is InChI=1S/2C31H31FO10.C31H32O11/c3*1-30(2,3)41-28(35)24-13-18(33)26-20(9-7-11-22(26)39-24)37-15-17(32)16-38-21-10-8-12-23-27(21)19(34)14-25(40-23)29(36)42-31(4,5)6/h2*7-14,17H,15-16H2,1-6H3;7-14,17,32H,15-16H2,1-6H3/i32-1;;. The molecule has 0 atom stereocenters. The number of alkyl halides is 2. The molecule has 666 valence electrons. The Morgan fingerprint density at radius 3 is 0.548 bits per heavy atom. The Balaban J connectivity index is 0.000000197. The molecule has 33 heteroatoms. The van der Waals surface area contributed by atoms with E-state index in [0.29, 0.717) is 0 Å². The molecule has 0 bridgehead atoms. The fourth-order valence-corrected chi connectivity index (χ4v) is 11.6. The van der Waals surface area contributed by atoms with Crippen LogP contribution in [0.5, 0.6) is 34.5 Å². The first-order chi connectivity index (χ1) is 58.8. The minimum absolute atomic E-state index is 0.0328. The van der Waals surface area contributed by atoms with Crippen molar-refractivity contribution in [1.82, 2.24) is 0 Å². The maximum atomic E-state index is 14.9. The molecular weight excluding hydrogens is 1650 g/mol. The number of benzene rings is 6. The number of rotatable bonds is 24. The number of ether oxygens (including phenoxy) is 12. The molecule has 0 aliphatic carbocycles. The fourth-order valence-electron chi connectivity index (χ4n) is 11.6. The normalized spacial score (nSPS) is 12.0. The van der Waals surface area contributed by atoms with Crippen LogP contribution >= 0.6 is 0 Å². The highest BCUT2D eigenvalue weighted by molar-refractivity contribution is 5.96. The first-order valence-corrected chi connectivity index (χ1v) is 39.4. The van der Waals surface area contributed by atoms with E-state index in [1.807, 2.05) is 0 Å². The molecule has 6 aromatic heterocycles. The molecule has 0 saturated carbocycles. The lowest BCUT2D eigenvalue weighted by Crippen LogP contribution is -2.26. The second-order valence-corrected chi connectivity index (χ2v) is 34.4. The van der Waals surface area contributed by atoms with Crippen LogP contribution in [0.4, 0.5) is 8.78 Å². The summed E-state index contributed by atoms with van der Waals surface area (Å²) in [7, 11) is 0. The number of fused-ring (bicyclic) bond motifs is 6. The van der Waals surface area contributed by atoms with E-state index in [0.717, 1.165) is 36.4 Å². The van der Waals surface area contributed by atoms with Gasteiger partial charge in [-0.1, -0.05) is 36.4 Å². The van der Waals surface area contributed by atoms with Gasteiger partial charge in [-0.2, -0.15) is 0 Å². The van der Waals surface area contributed by atoms with Gasteiger partial charge in [0.25, 0.3) is 0 Å². The Hall–Kier alpha value is -14.0. The highest BCUT2D eigenvalue weighted by atomic mass is 19.1. The van der Waals surface area contributed by atoms with Gasteiger partial charge in [-0.05, 0) is 197 Å². The molecule has 12 rings (SSSR count). The van der Waals surface area contributed by atoms with Gasteiger partial charge in [-0.15, -0.1) is 0 Å². The summed E-state index contributed by atoms with van der Waals surface area (Å²) >= 11 is 0. The van der Waals surface area contributed by atoms with Crippen molar-refractivity contribution in [3.8, 4) is 34.5 Å². The Kier molecular flexibility index (Phi) is 28.7. The Labute approximate surface area is 716 Å². The Bertz CT molecular complexity index is 5490. The molecule has 0 radical (unpaired) electrons. The van der Waals surface area contributed by atoms with Crippen molar-refractivity contribution in [3.05, 3.63) is 241 Å². The Morgan fingerprint density at radius 2 is 0.405 bits per heavy atom. The third-order valence-electron chi connectivity index (χ3n) is 16.4. The number of aliphatic hydroxyl groups excluding tert-OH is 1. The minimum atomic E-state index is -1.67. The van der Waals surface area contributed by atoms with Crippen LogP contribution in [0.25, 0.3) is 65.8 Å². The average Bonchev–Trinajstić information content (AvgIpc) is 0.811. The molecule has 0 spiro atoms. The van der Waals surface area contributed by atoms with Crippen LogP contribution in [0.15, 0.2) is 201 Å². The highest BCUT2D eigenvalue weighted by Crippen LogP contribution is 2.33. The molecule has 0 aliphatic rings. The molecule has 31 nitrogen and oxygen atoms in total. The van der Waals surface area contributed by atoms with Crippen molar-refractivity contribution in [2.45, 2.75) is 177 Å². The molecule has 12 aromatic rings. The van der Waals surface area contributed by atoms with Gasteiger partial charge >= 0.3 is 35.8 Å². The van der Waals surface area contributed by atoms with Crippen LogP contribution in [0.3, 0.4) is 0 Å². The van der Waals surface area contributed by atoms with Crippen molar-refractivity contribution in [2.75, 3.05) is 39.6 Å². The van der Waals surface area contributed by atoms with E-state index in [4.69, 9.17) is 83.3 Å². The van der Waals surface area contributed by atoms with Crippen LogP contribution < -0.4 is 61.0 Å². The van der Waals surface area contributed by atoms with Crippen LogP contribution in [0.1, 0.15) is 188 Å². The predicted octanol–water partition coefficient (Wildman–Crippen LogP) is 15.8. The summed E-state index contributed by atoms with van der Waals surface area (Å²) in [5.74, 6) is -5.80. The third-order valence-corrected chi connectivity index (χ3v) is 16.4. The van der Waals surface area contributed by atoms with Crippen molar-refractivity contribution >= 4 is 102 Å². The van der Waals surface area contributed by atoms with Gasteiger partial charge in [0.1, 0.15) is 180 Å². The van der Waals surface area contributed by atoms with Crippen LogP contribution in [-0.2, 0) is 28.4 Å². The van der Waals surface area contributed by atoms with E-state index in [-0.39, 0.29) is 148 Å². The van der Waals surface area contributed by atoms with E-state index in [2.05, 4.69) is 0 Å². The van der Waals surface area contributed by atoms with Gasteiger partial charge in [-0.25, -0.2) is 37.5 Å². The maximum absolute atomic E-state index is 14.9. The molecule has 0 fully saturated rings. The van der Waals surface area contributed by atoms with Crippen molar-refractivity contribution < 1.29 is 126 Å². The maximum Gasteiger partial charge on any atom is 0.374 e. The van der Waals surface area contributed by atoms with E-state index in [1.165, 1.54) is 97.1 Å². The second-order valence-electron chi connectivity index (χ2n) is 34.4. The number of aliphatic hydroxyl groups is 1. The summed E-state index contributed by atoms with van der Waals surface area (Å²) in [6.45, 7) is 27.9. The molecule has 6 aromatic carbocycles. The molecule has 0 saturated heterocycles. The average molecular weight is 1740 g/mol. The smallest absolute Gasteiger partial charge is 0.374 e. The number of esters is 6. The largest absolute Gasteiger partial charge is 0.490 e. The van der Waals surface area contributed by atoms with Crippen LogP contribution in [0, 0.1) is 0 Å². The first kappa shape index (κ1) is 94.3. The lowest BCUT2D eigenvalue weighted by Gasteiger charge is -2.19. The quantitative estimate of drug-likeness (QED) is 0.0433. The predicted molar refractivity (Wildman–Crippen MR) is 455 cm³/mol. The molecule has 6 heterocycles. The summed E-state index contributed by atoms with van der Waals surface area (Å²) < 4.78 is 128. The molecule has 0 unspecified atom stereocenters. The first-order valence-electron chi connectivity index (χ1n) is 39.4. The van der Waals surface area contributed by atoms with Crippen molar-refractivity contribution in [2.24, 2.45) is 0 Å². The number of hydrogen-bond donors (Lipinski definition) is 1. The van der Waals surface area contributed by atoms with Gasteiger partial charge in [0.15, 0.2) is 44.9 Å². The van der Waals surface area contributed by atoms with E-state index < -0.39 is 147 Å². The fraction of sp³-hybridized carbons (Fsp3) is 0.355. The zero-order valence-corrected chi connectivity index (χ0v) is 72.3. The third kappa shape index (κ3) is 25.6. The van der Waals surface area contributed by atoms with Crippen LogP contribution in [0.2, 0.25) is 0 Å². The summed E-state index contributed by atoms with van der Waals surface area (Å²) in [6, 6.07) is 33.2. The van der Waals surface area contributed by atoms with Gasteiger partial charge in [-0.3, -0.25) is 28.8 Å². The zero-order chi connectivity index (χ0) is 92.5. The Morgan fingerprint density at radius 1 is 0.262 bits per heavy atom. The van der Waals surface area contributed by atoms with Gasteiger partial charge < -0.3 is 88.5 Å². The lowest BCUT2D eigenvalue weighted by molar-refractivity contribution is 0.00249. The SMILES string of the molecule is CC(C)(C)OC(=O)c1cc(=O)c2c(OCC(F)COc3cccc4oc(C(=O)OC(C)(C)C)cc(=O)c34)cccc2o1.CC(C)(C)OC(=O)c1cc(=O)c2c(OCC(O)COc3cccc4oc(C(=O)OC(C)(C)C)cc(=O)c34)cccc2o1.CC(C)(C)OC(=O)c1cc(=O)c2c(OCC([18F])COc3cccc4oc(C(=O)OC(C)(C)C)cc(=O)c34)cccc2o1. The van der Waals surface area contributed by atoms with E-state index >= 15 is 0 Å². The number of carbonyl (C=O) groups excluding carboxylic acids is 6. The lowest BCUT2D eigenvalue weighted by atomic mass is 10.2. The van der Waals surface area contributed by atoms with Crippen molar-refractivity contribution in [1.29, 1.82) is 0 Å². The number of hydrogen-bond acceptors (Lipinski definition) is 31. The summed E-state index contributed by atoms with van der Waals surface area (Å²) in [6.07, 6.45) is -4.51. The van der Waals surface area contributed by atoms with Gasteiger partial charge in [0.05, 0.1) is 0 Å².